The van der Waals surface area contributed by atoms with Crippen LogP contribution in [0.1, 0.15) is 69.6 Å². The van der Waals surface area contributed by atoms with Crippen LogP contribution in [-0.4, -0.2) is 36.9 Å². The molecule has 0 saturated heterocycles. The van der Waals surface area contributed by atoms with Crippen molar-refractivity contribution in [3.05, 3.63) is 59.2 Å². The SMILES string of the molecule is C=C(C)C(=O)OCCC(CCOC(=O)C(=C)CO)Cc1ccc(CCCCC)c(CC)c1. The summed E-state index contributed by atoms with van der Waals surface area (Å²) in [6.07, 6.45) is 7.89. The molecule has 1 atom stereocenters. The van der Waals surface area contributed by atoms with E-state index >= 15 is 0 Å². The smallest absolute Gasteiger partial charge is 0.335 e. The Morgan fingerprint density at radius 1 is 1.00 bits per heavy atom. The number of hydrogen-bond acceptors (Lipinski definition) is 5. The van der Waals surface area contributed by atoms with Gasteiger partial charge < -0.3 is 14.6 Å². The summed E-state index contributed by atoms with van der Waals surface area (Å²) in [7, 11) is 0. The highest BCUT2D eigenvalue weighted by Crippen LogP contribution is 2.22. The summed E-state index contributed by atoms with van der Waals surface area (Å²) >= 11 is 0. The van der Waals surface area contributed by atoms with Gasteiger partial charge >= 0.3 is 11.9 Å². The van der Waals surface area contributed by atoms with E-state index in [-0.39, 0.29) is 24.1 Å². The minimum absolute atomic E-state index is 0.0446. The first kappa shape index (κ1) is 27.6. The third-order valence-corrected chi connectivity index (χ3v) is 5.57. The van der Waals surface area contributed by atoms with Gasteiger partial charge in [-0.25, -0.2) is 9.59 Å². The van der Waals surface area contributed by atoms with Gasteiger partial charge in [-0.1, -0.05) is 58.0 Å². The van der Waals surface area contributed by atoms with Gasteiger partial charge in [0.05, 0.1) is 25.4 Å². The lowest BCUT2D eigenvalue weighted by molar-refractivity contribution is -0.139. The van der Waals surface area contributed by atoms with Crippen molar-refractivity contribution in [2.24, 2.45) is 5.92 Å². The topological polar surface area (TPSA) is 72.8 Å². The lowest BCUT2D eigenvalue weighted by Crippen LogP contribution is -2.17. The number of carbonyl (C=O) groups is 2. The molecule has 1 rings (SSSR count). The van der Waals surface area contributed by atoms with Gasteiger partial charge in [-0.3, -0.25) is 0 Å². The molecule has 0 bridgehead atoms. The van der Waals surface area contributed by atoms with Gasteiger partial charge in [0, 0.05) is 5.57 Å². The van der Waals surface area contributed by atoms with Crippen LogP contribution in [0.5, 0.6) is 0 Å². The molecule has 1 N–H and O–H groups in total. The van der Waals surface area contributed by atoms with E-state index in [1.807, 2.05) is 0 Å². The minimum atomic E-state index is -0.579. The molecule has 1 unspecified atom stereocenters. The maximum absolute atomic E-state index is 11.8. The lowest BCUT2D eigenvalue weighted by Gasteiger charge is -2.19. The number of unbranched alkanes of at least 4 members (excludes halogenated alkanes) is 2. The molecule has 0 radical (unpaired) electrons. The second kappa shape index (κ2) is 15.4. The largest absolute Gasteiger partial charge is 0.462 e. The molecule has 178 valence electrons. The molecule has 0 heterocycles. The molecule has 0 spiro atoms. The van der Waals surface area contributed by atoms with Crippen LogP contribution in [0.15, 0.2) is 42.5 Å². The van der Waals surface area contributed by atoms with E-state index in [0.29, 0.717) is 25.0 Å². The van der Waals surface area contributed by atoms with Crippen molar-refractivity contribution in [2.45, 2.75) is 72.1 Å². The monoisotopic (exact) mass is 444 g/mol. The van der Waals surface area contributed by atoms with E-state index in [4.69, 9.17) is 14.6 Å². The molecule has 0 aliphatic heterocycles. The van der Waals surface area contributed by atoms with E-state index in [2.05, 4.69) is 45.2 Å². The number of carbonyl (C=O) groups excluding carboxylic acids is 2. The molecule has 0 saturated carbocycles. The Bertz CT molecular complexity index is 765. The Hall–Kier alpha value is -2.40. The Labute approximate surface area is 193 Å². The summed E-state index contributed by atoms with van der Waals surface area (Å²) < 4.78 is 10.5. The molecule has 0 aromatic heterocycles. The first-order valence-electron chi connectivity index (χ1n) is 11.7. The van der Waals surface area contributed by atoms with Crippen molar-refractivity contribution in [1.29, 1.82) is 0 Å². The van der Waals surface area contributed by atoms with E-state index < -0.39 is 12.6 Å². The number of aryl methyl sites for hydroxylation is 2. The molecule has 1 aromatic carbocycles. The van der Waals surface area contributed by atoms with Crippen LogP contribution in [0, 0.1) is 5.92 Å². The van der Waals surface area contributed by atoms with Crippen molar-refractivity contribution in [2.75, 3.05) is 19.8 Å². The standard InChI is InChI=1S/C27H40O5/c1-6-8-9-10-25-12-11-23(18-24(25)7-2)17-22(13-15-31-26(29)20(3)4)14-16-32-27(30)21(5)19-28/h11-12,18,22,28H,3,5-10,13-17,19H2,1-2,4H3. The number of hydrogen-bond donors (Lipinski definition) is 1. The van der Waals surface area contributed by atoms with Gasteiger partial charge in [0.25, 0.3) is 0 Å². The Kier molecular flexibility index (Phi) is 13.3. The second-order valence-corrected chi connectivity index (χ2v) is 8.38. The quantitative estimate of drug-likeness (QED) is 0.217. The van der Waals surface area contributed by atoms with E-state index in [1.54, 1.807) is 6.92 Å². The zero-order chi connectivity index (χ0) is 23.9. The highest BCUT2D eigenvalue weighted by molar-refractivity contribution is 5.88. The van der Waals surface area contributed by atoms with Gasteiger partial charge in [0.1, 0.15) is 0 Å². The maximum atomic E-state index is 11.8. The molecule has 5 heteroatoms. The van der Waals surface area contributed by atoms with Gasteiger partial charge in [-0.2, -0.15) is 0 Å². The molecular formula is C27H40O5. The summed E-state index contributed by atoms with van der Waals surface area (Å²) in [5.74, 6) is -0.789. The Morgan fingerprint density at radius 2 is 1.66 bits per heavy atom. The molecule has 0 fully saturated rings. The zero-order valence-corrected chi connectivity index (χ0v) is 20.1. The lowest BCUT2D eigenvalue weighted by atomic mass is 9.90. The number of rotatable bonds is 16. The van der Waals surface area contributed by atoms with Gasteiger partial charge in [-0.15, -0.1) is 0 Å². The maximum Gasteiger partial charge on any atom is 0.335 e. The van der Waals surface area contributed by atoms with Gasteiger partial charge in [-0.05, 0) is 68.1 Å². The predicted octanol–water partition coefficient (Wildman–Crippen LogP) is 5.13. The molecule has 0 aliphatic carbocycles. The number of aliphatic hydroxyl groups excluding tert-OH is 1. The predicted molar refractivity (Wildman–Crippen MR) is 128 cm³/mol. The van der Waals surface area contributed by atoms with Crippen LogP contribution >= 0.6 is 0 Å². The van der Waals surface area contributed by atoms with Crippen molar-refractivity contribution in [3.8, 4) is 0 Å². The van der Waals surface area contributed by atoms with Crippen LogP contribution in [0.25, 0.3) is 0 Å². The minimum Gasteiger partial charge on any atom is -0.462 e. The fraction of sp³-hybridized carbons (Fsp3) is 0.556. The molecule has 0 aliphatic rings. The molecule has 5 nitrogen and oxygen atoms in total. The highest BCUT2D eigenvalue weighted by atomic mass is 16.5. The summed E-state index contributed by atoms with van der Waals surface area (Å²) in [4.78, 5) is 23.5. The molecule has 0 amide bonds. The van der Waals surface area contributed by atoms with Crippen molar-refractivity contribution in [3.63, 3.8) is 0 Å². The average molecular weight is 445 g/mol. The first-order chi connectivity index (χ1) is 15.3. The highest BCUT2D eigenvalue weighted by Gasteiger charge is 2.15. The number of ether oxygens (including phenoxy) is 2. The van der Waals surface area contributed by atoms with Crippen molar-refractivity contribution in [1.82, 2.24) is 0 Å². The van der Waals surface area contributed by atoms with Gasteiger partial charge in [0.15, 0.2) is 0 Å². The molecule has 32 heavy (non-hydrogen) atoms. The number of benzene rings is 1. The zero-order valence-electron chi connectivity index (χ0n) is 20.1. The fourth-order valence-corrected chi connectivity index (χ4v) is 3.55. The Balaban J connectivity index is 2.79. The van der Waals surface area contributed by atoms with E-state index in [0.717, 1.165) is 19.3 Å². The van der Waals surface area contributed by atoms with Crippen LogP contribution in [-0.2, 0) is 38.3 Å². The number of aliphatic hydroxyl groups is 1. The first-order valence-corrected chi connectivity index (χ1v) is 11.7. The Morgan fingerprint density at radius 3 is 2.22 bits per heavy atom. The van der Waals surface area contributed by atoms with E-state index in [1.165, 1.54) is 36.0 Å². The van der Waals surface area contributed by atoms with Crippen LogP contribution in [0.3, 0.4) is 0 Å². The number of esters is 2. The summed E-state index contributed by atoms with van der Waals surface area (Å²) in [6, 6.07) is 6.72. The van der Waals surface area contributed by atoms with Crippen LogP contribution in [0.2, 0.25) is 0 Å². The van der Waals surface area contributed by atoms with Crippen molar-refractivity contribution >= 4 is 11.9 Å². The van der Waals surface area contributed by atoms with Crippen molar-refractivity contribution < 1.29 is 24.2 Å². The molecule has 1 aromatic rings. The van der Waals surface area contributed by atoms with Crippen LogP contribution < -0.4 is 0 Å². The normalized spacial score (nSPS) is 11.6. The fourth-order valence-electron chi connectivity index (χ4n) is 3.55. The second-order valence-electron chi connectivity index (χ2n) is 8.38. The third kappa shape index (κ3) is 10.3. The summed E-state index contributed by atoms with van der Waals surface area (Å²) in [5.41, 5.74) is 4.47. The van der Waals surface area contributed by atoms with Gasteiger partial charge in [0.2, 0.25) is 0 Å². The summed E-state index contributed by atoms with van der Waals surface area (Å²) in [5, 5.41) is 9.01. The summed E-state index contributed by atoms with van der Waals surface area (Å²) in [6.45, 7) is 13.2. The van der Waals surface area contributed by atoms with Crippen LogP contribution in [0.4, 0.5) is 0 Å². The average Bonchev–Trinajstić information content (AvgIpc) is 2.78. The third-order valence-electron chi connectivity index (χ3n) is 5.57. The molecular weight excluding hydrogens is 404 g/mol. The van der Waals surface area contributed by atoms with E-state index in [9.17, 15) is 9.59 Å².